The molecule has 0 spiro atoms. The average molecular weight is 404 g/mol. The molecule has 29 heavy (non-hydrogen) atoms. The number of amides is 5. The van der Waals surface area contributed by atoms with Gasteiger partial charge in [0.1, 0.15) is 0 Å². The summed E-state index contributed by atoms with van der Waals surface area (Å²) in [5.74, 6) is -1.58. The molecule has 0 aliphatic carbocycles. The fourth-order valence-corrected chi connectivity index (χ4v) is 2.83. The van der Waals surface area contributed by atoms with Crippen molar-refractivity contribution < 1.29 is 23.9 Å². The summed E-state index contributed by atoms with van der Waals surface area (Å²) in [4.78, 5) is 49.4. The van der Waals surface area contributed by atoms with E-state index >= 15 is 0 Å². The van der Waals surface area contributed by atoms with E-state index in [2.05, 4.69) is 16.0 Å². The molecule has 158 valence electrons. The maximum atomic E-state index is 12.3. The predicted octanol–water partition coefficient (Wildman–Crippen LogP) is 2.10. The van der Waals surface area contributed by atoms with Crippen LogP contribution in [0.2, 0.25) is 0 Å². The minimum absolute atomic E-state index is 0.216. The van der Waals surface area contributed by atoms with Gasteiger partial charge < -0.3 is 20.3 Å². The summed E-state index contributed by atoms with van der Waals surface area (Å²) in [5.41, 5.74) is 0.225. The highest BCUT2D eigenvalue weighted by molar-refractivity contribution is 5.95. The number of para-hydroxylation sites is 1. The first kappa shape index (κ1) is 22.2. The lowest BCUT2D eigenvalue weighted by Gasteiger charge is -2.30. The first-order valence-corrected chi connectivity index (χ1v) is 9.53. The number of rotatable bonds is 4. The number of anilines is 1. The monoisotopic (exact) mass is 404 g/mol. The van der Waals surface area contributed by atoms with Crippen molar-refractivity contribution in [3.63, 3.8) is 0 Å². The van der Waals surface area contributed by atoms with E-state index in [-0.39, 0.29) is 11.9 Å². The van der Waals surface area contributed by atoms with Crippen molar-refractivity contribution in [3.8, 4) is 0 Å². The number of carbonyl (C=O) groups excluding carboxylic acids is 4. The van der Waals surface area contributed by atoms with Gasteiger partial charge >= 0.3 is 18.0 Å². The number of hydrogen-bond acceptors (Lipinski definition) is 5. The molecule has 1 aromatic rings. The SMILES string of the molecule is CC(C)(C)NC(=O)NC(=O)COC(=O)C1CCN(C(=O)Nc2ccccc2)CC1. The van der Waals surface area contributed by atoms with E-state index in [0.717, 1.165) is 0 Å². The fraction of sp³-hybridized carbons (Fsp3) is 0.500. The van der Waals surface area contributed by atoms with Crippen molar-refractivity contribution >= 4 is 29.6 Å². The fourth-order valence-electron chi connectivity index (χ4n) is 2.83. The lowest BCUT2D eigenvalue weighted by molar-refractivity contribution is -0.153. The Labute approximate surface area is 170 Å². The van der Waals surface area contributed by atoms with Crippen LogP contribution in [0.3, 0.4) is 0 Å². The summed E-state index contributed by atoms with van der Waals surface area (Å²) < 4.78 is 5.02. The van der Waals surface area contributed by atoms with E-state index in [1.54, 1.807) is 37.8 Å². The number of piperidine rings is 1. The van der Waals surface area contributed by atoms with Crippen LogP contribution in [0.25, 0.3) is 0 Å². The van der Waals surface area contributed by atoms with Gasteiger partial charge in [0.15, 0.2) is 6.61 Å². The van der Waals surface area contributed by atoms with Crippen LogP contribution in [0.1, 0.15) is 33.6 Å². The second kappa shape index (κ2) is 9.90. The second-order valence-electron chi connectivity index (χ2n) is 7.92. The van der Waals surface area contributed by atoms with Crippen molar-refractivity contribution in [1.82, 2.24) is 15.5 Å². The van der Waals surface area contributed by atoms with Crippen molar-refractivity contribution in [3.05, 3.63) is 30.3 Å². The van der Waals surface area contributed by atoms with Crippen LogP contribution in [-0.4, -0.2) is 54.1 Å². The molecule has 1 fully saturated rings. The van der Waals surface area contributed by atoms with E-state index in [1.165, 1.54) is 0 Å². The third-order valence-corrected chi connectivity index (χ3v) is 4.23. The summed E-state index contributed by atoms with van der Waals surface area (Å²) in [7, 11) is 0. The average Bonchev–Trinajstić information content (AvgIpc) is 2.65. The van der Waals surface area contributed by atoms with Crippen molar-refractivity contribution in [1.29, 1.82) is 0 Å². The third-order valence-electron chi connectivity index (χ3n) is 4.23. The molecule has 0 radical (unpaired) electrons. The summed E-state index contributed by atoms with van der Waals surface area (Å²) in [6.45, 7) is 5.65. The van der Waals surface area contributed by atoms with Gasteiger partial charge in [0.2, 0.25) is 0 Å². The standard InChI is InChI=1S/C20H28N4O5/c1-20(2,3)23-18(27)22-16(25)13-29-17(26)14-9-11-24(12-10-14)19(28)21-15-7-5-4-6-8-15/h4-8,14H,9-13H2,1-3H3,(H,21,28)(H2,22,23,25,27). The number of benzene rings is 1. The highest BCUT2D eigenvalue weighted by Gasteiger charge is 2.29. The molecular weight excluding hydrogens is 376 g/mol. The molecule has 1 aromatic carbocycles. The third kappa shape index (κ3) is 7.81. The summed E-state index contributed by atoms with van der Waals surface area (Å²) in [6.07, 6.45) is 0.903. The van der Waals surface area contributed by atoms with Gasteiger partial charge in [0.05, 0.1) is 5.92 Å². The van der Waals surface area contributed by atoms with Crippen LogP contribution in [0, 0.1) is 5.92 Å². The summed E-state index contributed by atoms with van der Waals surface area (Å²) >= 11 is 0. The molecule has 9 nitrogen and oxygen atoms in total. The maximum absolute atomic E-state index is 12.3. The van der Waals surface area contributed by atoms with E-state index < -0.39 is 30.1 Å². The Bertz CT molecular complexity index is 737. The van der Waals surface area contributed by atoms with E-state index in [0.29, 0.717) is 31.6 Å². The Morgan fingerprint density at radius 1 is 1.07 bits per heavy atom. The lowest BCUT2D eigenvalue weighted by Crippen LogP contribution is -2.49. The topological polar surface area (TPSA) is 117 Å². The number of ether oxygens (including phenoxy) is 1. The van der Waals surface area contributed by atoms with Crippen LogP contribution in [-0.2, 0) is 14.3 Å². The first-order valence-electron chi connectivity index (χ1n) is 9.53. The zero-order chi connectivity index (χ0) is 21.4. The largest absolute Gasteiger partial charge is 0.455 e. The van der Waals surface area contributed by atoms with Crippen molar-refractivity contribution in [2.45, 2.75) is 39.2 Å². The smallest absolute Gasteiger partial charge is 0.321 e. The molecule has 0 saturated carbocycles. The number of urea groups is 2. The Morgan fingerprint density at radius 3 is 2.28 bits per heavy atom. The van der Waals surface area contributed by atoms with Crippen LogP contribution in [0.4, 0.5) is 15.3 Å². The number of nitrogens with one attached hydrogen (secondary N) is 3. The minimum Gasteiger partial charge on any atom is -0.455 e. The van der Waals surface area contributed by atoms with Gasteiger partial charge in [-0.05, 0) is 45.7 Å². The highest BCUT2D eigenvalue weighted by Crippen LogP contribution is 2.19. The quantitative estimate of drug-likeness (QED) is 0.665. The van der Waals surface area contributed by atoms with Gasteiger partial charge in [-0.3, -0.25) is 14.9 Å². The first-order chi connectivity index (χ1) is 13.6. The molecule has 9 heteroatoms. The number of likely N-dealkylation sites (tertiary alicyclic amines) is 1. The molecule has 2 rings (SSSR count). The van der Waals surface area contributed by atoms with Gasteiger partial charge in [-0.1, -0.05) is 18.2 Å². The van der Waals surface area contributed by atoms with E-state index in [1.807, 2.05) is 18.2 Å². The van der Waals surface area contributed by atoms with Gasteiger partial charge in [0, 0.05) is 24.3 Å². The normalized spacial score (nSPS) is 14.7. The Kier molecular flexibility index (Phi) is 7.58. The van der Waals surface area contributed by atoms with Gasteiger partial charge in [0.25, 0.3) is 5.91 Å². The molecule has 3 N–H and O–H groups in total. The molecule has 0 bridgehead atoms. The van der Waals surface area contributed by atoms with Gasteiger partial charge in [-0.15, -0.1) is 0 Å². The Morgan fingerprint density at radius 2 is 1.69 bits per heavy atom. The molecule has 0 unspecified atom stereocenters. The number of imide groups is 1. The molecule has 1 heterocycles. The number of nitrogens with zero attached hydrogens (tertiary/aromatic N) is 1. The zero-order valence-corrected chi connectivity index (χ0v) is 17.0. The maximum Gasteiger partial charge on any atom is 0.321 e. The number of hydrogen-bond donors (Lipinski definition) is 3. The number of carbonyl (C=O) groups is 4. The minimum atomic E-state index is -0.695. The van der Waals surface area contributed by atoms with Crippen LogP contribution in [0.5, 0.6) is 0 Å². The predicted molar refractivity (Wildman–Crippen MR) is 107 cm³/mol. The molecule has 1 saturated heterocycles. The van der Waals surface area contributed by atoms with Crippen molar-refractivity contribution in [2.24, 2.45) is 5.92 Å². The molecule has 1 aliphatic rings. The van der Waals surface area contributed by atoms with Crippen LogP contribution in [0.15, 0.2) is 30.3 Å². The highest BCUT2D eigenvalue weighted by atomic mass is 16.5. The van der Waals surface area contributed by atoms with E-state index in [4.69, 9.17) is 4.74 Å². The molecule has 0 aromatic heterocycles. The van der Waals surface area contributed by atoms with Gasteiger partial charge in [-0.2, -0.15) is 0 Å². The molecule has 0 atom stereocenters. The van der Waals surface area contributed by atoms with Crippen LogP contribution < -0.4 is 16.0 Å². The second-order valence-corrected chi connectivity index (χ2v) is 7.92. The Hall–Kier alpha value is -3.10. The summed E-state index contributed by atoms with van der Waals surface area (Å²) in [5, 5.41) is 7.50. The number of esters is 1. The van der Waals surface area contributed by atoms with Crippen molar-refractivity contribution in [2.75, 3.05) is 25.0 Å². The van der Waals surface area contributed by atoms with Gasteiger partial charge in [-0.25, -0.2) is 9.59 Å². The molecule has 5 amide bonds. The van der Waals surface area contributed by atoms with E-state index in [9.17, 15) is 19.2 Å². The van der Waals surface area contributed by atoms with Crippen LogP contribution >= 0.6 is 0 Å². The Balaban J connectivity index is 1.69. The molecular formula is C20H28N4O5. The zero-order valence-electron chi connectivity index (χ0n) is 17.0. The summed E-state index contributed by atoms with van der Waals surface area (Å²) in [6, 6.07) is 8.28. The molecule has 1 aliphatic heterocycles. The lowest BCUT2D eigenvalue weighted by atomic mass is 9.97.